The SMILES string of the molecule is C=CC(=O)N1CCN(c2nc(OCCN(C)CCO)nc3c2CCN(c2cc(O)cc4c2C=CCC4)C3)[I-]C1. The summed E-state index contributed by atoms with van der Waals surface area (Å²) in [5.74, 6) is 1.20. The number of alkyl halides is 1. The molecule has 1 fully saturated rings. The molecule has 0 bridgehead atoms. The zero-order valence-corrected chi connectivity index (χ0v) is 24.5. The fraction of sp³-hybridized carbons (Fsp3) is 0.464. The molecule has 1 saturated heterocycles. The first kappa shape index (κ1) is 27.7. The predicted octanol–water partition coefficient (Wildman–Crippen LogP) is -1.20. The van der Waals surface area contributed by atoms with Gasteiger partial charge in [-0.15, -0.1) is 0 Å². The summed E-state index contributed by atoms with van der Waals surface area (Å²) in [6.07, 6.45) is 8.44. The van der Waals surface area contributed by atoms with Crippen molar-refractivity contribution in [1.29, 1.82) is 0 Å². The number of hydrogen-bond donors (Lipinski definition) is 2. The third-order valence-electron chi connectivity index (χ3n) is 7.27. The summed E-state index contributed by atoms with van der Waals surface area (Å²) in [6.45, 7) is 8.14. The number of aliphatic hydroxyl groups is 1. The van der Waals surface area contributed by atoms with Gasteiger partial charge in [-0.05, 0) is 0 Å². The van der Waals surface area contributed by atoms with Crippen LogP contribution in [0.25, 0.3) is 6.08 Å². The van der Waals surface area contributed by atoms with Gasteiger partial charge in [-0.2, -0.15) is 0 Å². The molecule has 0 radical (unpaired) electrons. The molecule has 0 spiro atoms. The Kier molecular flexibility index (Phi) is 8.88. The van der Waals surface area contributed by atoms with Gasteiger partial charge in [0.15, 0.2) is 0 Å². The van der Waals surface area contributed by atoms with Crippen molar-refractivity contribution in [2.75, 3.05) is 65.5 Å². The van der Waals surface area contributed by atoms with Gasteiger partial charge in [0.25, 0.3) is 0 Å². The van der Waals surface area contributed by atoms with E-state index in [0.717, 1.165) is 59.7 Å². The van der Waals surface area contributed by atoms with Crippen LogP contribution in [-0.4, -0.2) is 93.4 Å². The number of carbonyl (C=O) groups is 1. The summed E-state index contributed by atoms with van der Waals surface area (Å²) in [7, 11) is 1.94. The van der Waals surface area contributed by atoms with E-state index in [-0.39, 0.29) is 12.5 Å². The molecule has 1 amide bonds. The number of aliphatic hydroxyl groups excluding tert-OH is 1. The summed E-state index contributed by atoms with van der Waals surface area (Å²) in [5, 5.41) is 19.6. The number of nitrogens with zero attached hydrogens (tertiary/aromatic N) is 6. The quantitative estimate of drug-likeness (QED) is 0.114. The third kappa shape index (κ3) is 6.30. The van der Waals surface area contributed by atoms with Crippen molar-refractivity contribution < 1.29 is 41.2 Å². The molecule has 1 aromatic carbocycles. The van der Waals surface area contributed by atoms with Crippen molar-refractivity contribution in [3.63, 3.8) is 0 Å². The predicted molar refractivity (Wildman–Crippen MR) is 146 cm³/mol. The van der Waals surface area contributed by atoms with Crippen LogP contribution < -0.4 is 34.2 Å². The van der Waals surface area contributed by atoms with Crippen LogP contribution in [0.4, 0.5) is 11.5 Å². The van der Waals surface area contributed by atoms with E-state index in [0.29, 0.717) is 44.5 Å². The zero-order valence-electron chi connectivity index (χ0n) is 22.4. The Labute approximate surface area is 240 Å². The number of fused-ring (bicyclic) bond motifs is 2. The number of hydrogen-bond acceptors (Lipinski definition) is 9. The number of allylic oxidation sites excluding steroid dienone is 1. The first-order valence-corrected chi connectivity index (χ1v) is 15.8. The molecule has 11 heteroatoms. The average Bonchev–Trinajstić information content (AvgIpc) is 2.95. The van der Waals surface area contributed by atoms with Crippen LogP contribution in [0.15, 0.2) is 30.9 Å². The number of aromatic nitrogens is 2. The number of aryl methyl sites for hydroxylation is 1. The topological polar surface area (TPSA) is 106 Å². The molecule has 1 aromatic heterocycles. The normalized spacial score (nSPS) is 16.9. The number of phenols is 1. The van der Waals surface area contributed by atoms with Gasteiger partial charge in [0.1, 0.15) is 0 Å². The van der Waals surface area contributed by atoms with Crippen LogP contribution in [0.3, 0.4) is 0 Å². The molecule has 3 aliphatic rings. The summed E-state index contributed by atoms with van der Waals surface area (Å²) in [5.41, 5.74) is 5.46. The van der Waals surface area contributed by atoms with Gasteiger partial charge < -0.3 is 0 Å². The van der Waals surface area contributed by atoms with Crippen molar-refractivity contribution in [1.82, 2.24) is 19.8 Å². The molecule has 3 heterocycles. The Morgan fingerprint density at radius 2 is 2.10 bits per heavy atom. The molecule has 2 aliphatic heterocycles. The molecule has 1 aliphatic carbocycles. The van der Waals surface area contributed by atoms with Crippen molar-refractivity contribution in [2.45, 2.75) is 25.8 Å². The molecule has 0 saturated carbocycles. The number of rotatable bonds is 9. The second-order valence-corrected chi connectivity index (χ2v) is 12.4. The van der Waals surface area contributed by atoms with Crippen molar-refractivity contribution in [3.05, 3.63) is 53.2 Å². The van der Waals surface area contributed by atoms with Gasteiger partial charge in [0, 0.05) is 0 Å². The van der Waals surface area contributed by atoms with Gasteiger partial charge in [-0.3, -0.25) is 0 Å². The van der Waals surface area contributed by atoms with E-state index in [9.17, 15) is 15.0 Å². The van der Waals surface area contributed by atoms with E-state index in [1.165, 1.54) is 17.2 Å². The van der Waals surface area contributed by atoms with Gasteiger partial charge >= 0.3 is 241 Å². The van der Waals surface area contributed by atoms with E-state index in [1.54, 1.807) is 0 Å². The fourth-order valence-electron chi connectivity index (χ4n) is 5.13. The Balaban J connectivity index is 1.42. The van der Waals surface area contributed by atoms with Crippen molar-refractivity contribution in [3.8, 4) is 11.8 Å². The second kappa shape index (κ2) is 12.5. The van der Waals surface area contributed by atoms with Gasteiger partial charge in [0.2, 0.25) is 0 Å². The summed E-state index contributed by atoms with van der Waals surface area (Å²) < 4.78 is 9.10. The molecule has 0 unspecified atom stereocenters. The van der Waals surface area contributed by atoms with Gasteiger partial charge in [-0.1, -0.05) is 0 Å². The van der Waals surface area contributed by atoms with Crippen LogP contribution >= 0.6 is 0 Å². The van der Waals surface area contributed by atoms with Crippen LogP contribution in [0.5, 0.6) is 11.8 Å². The summed E-state index contributed by atoms with van der Waals surface area (Å²) >= 11 is -0.483. The first-order chi connectivity index (χ1) is 19.0. The van der Waals surface area contributed by atoms with Crippen molar-refractivity contribution >= 4 is 23.5 Å². The van der Waals surface area contributed by atoms with E-state index in [4.69, 9.17) is 14.7 Å². The molecule has 2 aromatic rings. The first-order valence-electron chi connectivity index (χ1n) is 13.3. The summed E-state index contributed by atoms with van der Waals surface area (Å²) in [4.78, 5) is 28.0. The minimum absolute atomic E-state index is 0.0192. The van der Waals surface area contributed by atoms with Crippen LogP contribution in [0.2, 0.25) is 0 Å². The van der Waals surface area contributed by atoms with Crippen LogP contribution in [0, 0.1) is 0 Å². The molecular formula is C28H36IN6O4-. The number of amides is 1. The zero-order chi connectivity index (χ0) is 27.4. The number of benzene rings is 1. The van der Waals surface area contributed by atoms with E-state index >= 15 is 0 Å². The fourth-order valence-corrected chi connectivity index (χ4v) is 7.83. The standard InChI is InChI=1S/C28H36IN6O4/c1-3-26(38)34-10-11-35(29-19-34)27-23-8-9-33(25-17-21(37)16-20-6-4-5-7-22(20)25)18-24(23)30-28(31-27)39-15-13-32(2)12-14-36/h3,5,7,16-17,36-37H,1,4,6,8-15,18-19H2,2H3/q-1. The van der Waals surface area contributed by atoms with Crippen molar-refractivity contribution in [2.24, 2.45) is 0 Å². The molecule has 2 N–H and O–H groups in total. The Morgan fingerprint density at radius 3 is 2.87 bits per heavy atom. The molecule has 0 atom stereocenters. The summed E-state index contributed by atoms with van der Waals surface area (Å²) in [6, 6.07) is 4.09. The van der Waals surface area contributed by atoms with Crippen LogP contribution in [0.1, 0.15) is 28.8 Å². The molecular weight excluding hydrogens is 611 g/mol. The number of likely N-dealkylation sites (N-methyl/N-ethyl adjacent to an activating group) is 1. The average molecular weight is 648 g/mol. The van der Waals surface area contributed by atoms with E-state index < -0.39 is 21.5 Å². The van der Waals surface area contributed by atoms with E-state index in [2.05, 4.69) is 26.7 Å². The molecule has 5 rings (SSSR count). The maximum absolute atomic E-state index is 12.1. The number of carbonyl (C=O) groups excluding carboxylic acids is 1. The number of aromatic hydroxyl groups is 1. The Morgan fingerprint density at radius 1 is 1.23 bits per heavy atom. The van der Waals surface area contributed by atoms with Gasteiger partial charge in [0.05, 0.1) is 0 Å². The number of ether oxygens (including phenoxy) is 1. The Hall–Kier alpha value is -2.90. The third-order valence-corrected chi connectivity index (χ3v) is 10.2. The second-order valence-electron chi connectivity index (χ2n) is 9.91. The van der Waals surface area contributed by atoms with Gasteiger partial charge in [-0.25, -0.2) is 0 Å². The molecule has 39 heavy (non-hydrogen) atoms. The number of anilines is 2. The minimum atomic E-state index is -0.483. The monoisotopic (exact) mass is 647 g/mol. The maximum atomic E-state index is 12.1. The molecule has 210 valence electrons. The van der Waals surface area contributed by atoms with Crippen LogP contribution in [-0.2, 0) is 24.2 Å². The number of halogens is 1. The van der Waals surface area contributed by atoms with E-state index in [1.807, 2.05) is 29.0 Å². The number of phenolic OH excluding ortho intramolecular Hbond substituents is 1. The Bertz CT molecular complexity index is 1250. The molecule has 10 nitrogen and oxygen atoms in total.